The number of halogens is 1. The Labute approximate surface area is 106 Å². The molecule has 1 aromatic heterocycles. The van der Waals surface area contributed by atoms with Gasteiger partial charge in [-0.2, -0.15) is 0 Å². The SMILES string of the molecule is CCOC(=O)Cc1csc2ccc(Br)cc12. The summed E-state index contributed by atoms with van der Waals surface area (Å²) in [6.07, 6.45) is 0.351. The van der Waals surface area contributed by atoms with Crippen molar-refractivity contribution in [2.24, 2.45) is 0 Å². The van der Waals surface area contributed by atoms with Crippen LogP contribution in [0.2, 0.25) is 0 Å². The van der Waals surface area contributed by atoms with Gasteiger partial charge in [0.15, 0.2) is 0 Å². The molecule has 1 aromatic carbocycles. The van der Waals surface area contributed by atoms with E-state index >= 15 is 0 Å². The quantitative estimate of drug-likeness (QED) is 0.806. The van der Waals surface area contributed by atoms with Crippen molar-refractivity contribution < 1.29 is 9.53 Å². The zero-order chi connectivity index (χ0) is 11.5. The highest BCUT2D eigenvalue weighted by Crippen LogP contribution is 2.29. The van der Waals surface area contributed by atoms with E-state index < -0.39 is 0 Å². The van der Waals surface area contributed by atoms with Crippen molar-refractivity contribution in [2.45, 2.75) is 13.3 Å². The molecule has 0 radical (unpaired) electrons. The molecule has 0 atom stereocenters. The fourth-order valence-electron chi connectivity index (χ4n) is 1.56. The zero-order valence-corrected chi connectivity index (χ0v) is 11.2. The van der Waals surface area contributed by atoms with Crippen molar-refractivity contribution in [3.8, 4) is 0 Å². The molecule has 0 unspecified atom stereocenters. The van der Waals surface area contributed by atoms with E-state index in [1.54, 1.807) is 11.3 Å². The Balaban J connectivity index is 2.30. The summed E-state index contributed by atoms with van der Waals surface area (Å²) in [7, 11) is 0. The second-order valence-electron chi connectivity index (χ2n) is 3.38. The van der Waals surface area contributed by atoms with Crippen LogP contribution in [0.4, 0.5) is 0 Å². The minimum absolute atomic E-state index is 0.165. The van der Waals surface area contributed by atoms with E-state index in [2.05, 4.69) is 22.0 Å². The lowest BCUT2D eigenvalue weighted by Crippen LogP contribution is -2.06. The Kier molecular flexibility index (Phi) is 3.61. The molecule has 0 aliphatic rings. The Morgan fingerprint density at radius 3 is 3.06 bits per heavy atom. The summed E-state index contributed by atoms with van der Waals surface area (Å²) in [5.74, 6) is -0.165. The van der Waals surface area contributed by atoms with Crippen LogP contribution < -0.4 is 0 Å². The lowest BCUT2D eigenvalue weighted by molar-refractivity contribution is -0.142. The summed E-state index contributed by atoms with van der Waals surface area (Å²) in [4.78, 5) is 11.4. The first-order valence-corrected chi connectivity index (χ1v) is 6.69. The Morgan fingerprint density at radius 1 is 1.50 bits per heavy atom. The molecule has 0 saturated carbocycles. The molecule has 0 aliphatic carbocycles. The number of benzene rings is 1. The third kappa shape index (κ3) is 2.44. The predicted octanol–water partition coefficient (Wildman–Crippen LogP) is 3.77. The van der Waals surface area contributed by atoms with Crippen molar-refractivity contribution in [3.05, 3.63) is 33.6 Å². The van der Waals surface area contributed by atoms with Gasteiger partial charge in [-0.15, -0.1) is 11.3 Å². The van der Waals surface area contributed by atoms with Gasteiger partial charge in [0.1, 0.15) is 0 Å². The zero-order valence-electron chi connectivity index (χ0n) is 8.83. The smallest absolute Gasteiger partial charge is 0.310 e. The topological polar surface area (TPSA) is 26.3 Å². The Bertz CT molecular complexity index is 519. The van der Waals surface area contributed by atoms with E-state index in [-0.39, 0.29) is 5.97 Å². The number of thiophene rings is 1. The molecule has 0 bridgehead atoms. The molecule has 0 N–H and O–H groups in total. The summed E-state index contributed by atoms with van der Waals surface area (Å²) < 4.78 is 7.18. The van der Waals surface area contributed by atoms with Crippen LogP contribution in [-0.4, -0.2) is 12.6 Å². The number of ether oxygens (including phenoxy) is 1. The molecule has 2 aromatic rings. The fourth-order valence-corrected chi connectivity index (χ4v) is 2.86. The van der Waals surface area contributed by atoms with Crippen LogP contribution in [0.1, 0.15) is 12.5 Å². The summed E-state index contributed by atoms with van der Waals surface area (Å²) >= 11 is 5.09. The first kappa shape index (κ1) is 11.6. The fraction of sp³-hybridized carbons (Fsp3) is 0.250. The van der Waals surface area contributed by atoms with Crippen molar-refractivity contribution in [3.63, 3.8) is 0 Å². The van der Waals surface area contributed by atoms with E-state index in [9.17, 15) is 4.79 Å². The molecule has 0 spiro atoms. The molecule has 16 heavy (non-hydrogen) atoms. The summed E-state index contributed by atoms with van der Waals surface area (Å²) in [6, 6.07) is 6.10. The van der Waals surface area contributed by atoms with Crippen LogP contribution in [0.25, 0.3) is 10.1 Å². The molecule has 0 fully saturated rings. The standard InChI is InChI=1S/C12H11BrO2S/c1-2-15-12(14)5-8-7-16-11-4-3-9(13)6-10(8)11/h3-4,6-7H,2,5H2,1H3. The molecule has 0 saturated heterocycles. The number of hydrogen-bond donors (Lipinski definition) is 0. The highest BCUT2D eigenvalue weighted by molar-refractivity contribution is 9.10. The van der Waals surface area contributed by atoms with Gasteiger partial charge in [0.05, 0.1) is 13.0 Å². The maximum absolute atomic E-state index is 11.4. The average molecular weight is 299 g/mol. The second kappa shape index (κ2) is 4.97. The van der Waals surface area contributed by atoms with Gasteiger partial charge < -0.3 is 4.74 Å². The Morgan fingerprint density at radius 2 is 2.31 bits per heavy atom. The van der Waals surface area contributed by atoms with E-state index in [0.717, 1.165) is 15.4 Å². The normalized spacial score (nSPS) is 10.6. The number of carbonyl (C=O) groups excluding carboxylic acids is 1. The largest absolute Gasteiger partial charge is 0.466 e. The van der Waals surface area contributed by atoms with Gasteiger partial charge in [-0.3, -0.25) is 4.79 Å². The summed E-state index contributed by atoms with van der Waals surface area (Å²) in [5, 5.41) is 3.15. The molecule has 4 heteroatoms. The van der Waals surface area contributed by atoms with Crippen LogP contribution in [0, 0.1) is 0 Å². The number of esters is 1. The van der Waals surface area contributed by atoms with E-state index in [1.165, 1.54) is 4.70 Å². The number of carbonyl (C=O) groups is 1. The van der Waals surface area contributed by atoms with Gasteiger partial charge in [0.25, 0.3) is 0 Å². The van der Waals surface area contributed by atoms with Crippen LogP contribution in [0.15, 0.2) is 28.1 Å². The first-order valence-electron chi connectivity index (χ1n) is 5.02. The summed E-state index contributed by atoms with van der Waals surface area (Å²) in [6.45, 7) is 2.25. The highest BCUT2D eigenvalue weighted by Gasteiger charge is 2.09. The van der Waals surface area contributed by atoms with Crippen molar-refractivity contribution >= 4 is 43.3 Å². The predicted molar refractivity (Wildman–Crippen MR) is 69.9 cm³/mol. The van der Waals surface area contributed by atoms with E-state index in [0.29, 0.717) is 13.0 Å². The molecular formula is C12H11BrO2S. The lowest BCUT2D eigenvalue weighted by Gasteiger charge is -2.00. The van der Waals surface area contributed by atoms with E-state index in [1.807, 2.05) is 24.4 Å². The lowest BCUT2D eigenvalue weighted by atomic mass is 10.1. The maximum atomic E-state index is 11.4. The monoisotopic (exact) mass is 298 g/mol. The maximum Gasteiger partial charge on any atom is 0.310 e. The Hall–Kier alpha value is -0.870. The first-order chi connectivity index (χ1) is 7.70. The third-order valence-electron chi connectivity index (χ3n) is 2.26. The number of fused-ring (bicyclic) bond motifs is 1. The number of rotatable bonds is 3. The molecule has 2 nitrogen and oxygen atoms in total. The van der Waals surface area contributed by atoms with Crippen molar-refractivity contribution in [2.75, 3.05) is 6.61 Å². The molecular weight excluding hydrogens is 288 g/mol. The van der Waals surface area contributed by atoms with Crippen LogP contribution in [-0.2, 0) is 16.0 Å². The van der Waals surface area contributed by atoms with E-state index in [4.69, 9.17) is 4.74 Å². The van der Waals surface area contributed by atoms with Crippen LogP contribution in [0.3, 0.4) is 0 Å². The van der Waals surface area contributed by atoms with Crippen molar-refractivity contribution in [1.82, 2.24) is 0 Å². The average Bonchev–Trinajstić information content (AvgIpc) is 2.61. The molecule has 0 amide bonds. The van der Waals surface area contributed by atoms with Gasteiger partial charge in [-0.05, 0) is 41.5 Å². The van der Waals surface area contributed by atoms with Crippen molar-refractivity contribution in [1.29, 1.82) is 0 Å². The minimum atomic E-state index is -0.165. The van der Waals surface area contributed by atoms with Gasteiger partial charge in [0.2, 0.25) is 0 Å². The minimum Gasteiger partial charge on any atom is -0.466 e. The third-order valence-corrected chi connectivity index (χ3v) is 3.76. The molecule has 1 heterocycles. The van der Waals surface area contributed by atoms with Crippen LogP contribution >= 0.6 is 27.3 Å². The molecule has 2 rings (SSSR count). The van der Waals surface area contributed by atoms with Gasteiger partial charge >= 0.3 is 5.97 Å². The molecule has 84 valence electrons. The van der Waals surface area contributed by atoms with Crippen LogP contribution in [0.5, 0.6) is 0 Å². The number of hydrogen-bond acceptors (Lipinski definition) is 3. The highest BCUT2D eigenvalue weighted by atomic mass is 79.9. The molecule has 0 aliphatic heterocycles. The second-order valence-corrected chi connectivity index (χ2v) is 5.21. The van der Waals surface area contributed by atoms with Gasteiger partial charge in [-0.25, -0.2) is 0 Å². The van der Waals surface area contributed by atoms with Gasteiger partial charge in [0, 0.05) is 9.17 Å². The summed E-state index contributed by atoms with van der Waals surface area (Å²) in [5.41, 5.74) is 1.04. The van der Waals surface area contributed by atoms with Gasteiger partial charge in [-0.1, -0.05) is 15.9 Å².